The molecule has 0 spiro atoms. The summed E-state index contributed by atoms with van der Waals surface area (Å²) in [5.41, 5.74) is 4.88. The summed E-state index contributed by atoms with van der Waals surface area (Å²) in [6.45, 7) is 4.25. The lowest BCUT2D eigenvalue weighted by molar-refractivity contribution is 0.102. The number of aromatic nitrogens is 3. The molecule has 3 heterocycles. The van der Waals surface area contributed by atoms with Gasteiger partial charge in [-0.15, -0.1) is 22.7 Å². The van der Waals surface area contributed by atoms with Gasteiger partial charge in [0.1, 0.15) is 10.0 Å². The Labute approximate surface area is 177 Å². The van der Waals surface area contributed by atoms with E-state index in [1.165, 1.54) is 21.6 Å². The van der Waals surface area contributed by atoms with Crippen LogP contribution in [-0.2, 0) is 19.9 Å². The van der Waals surface area contributed by atoms with Gasteiger partial charge in [-0.1, -0.05) is 19.1 Å². The second kappa shape index (κ2) is 7.07. The quantitative estimate of drug-likeness (QED) is 0.478. The van der Waals surface area contributed by atoms with E-state index in [0.29, 0.717) is 11.6 Å². The van der Waals surface area contributed by atoms with Crippen LogP contribution in [0.3, 0.4) is 0 Å². The van der Waals surface area contributed by atoms with Gasteiger partial charge in [-0.3, -0.25) is 9.48 Å². The SMILES string of the molecule is Cc1cc(C(=O)Nc2sc3c(c2-c2nc4ccccc4s2)CCC(C)C3)nn1C. The molecule has 1 N–H and O–H groups in total. The predicted octanol–water partition coefficient (Wildman–Crippen LogP) is 5.44. The highest BCUT2D eigenvalue weighted by Crippen LogP contribution is 2.47. The van der Waals surface area contributed by atoms with Crippen LogP contribution in [0.1, 0.15) is 40.0 Å². The van der Waals surface area contributed by atoms with Gasteiger partial charge in [0.05, 0.1) is 10.2 Å². The lowest BCUT2D eigenvalue weighted by Crippen LogP contribution is -2.13. The Kier molecular flexibility index (Phi) is 4.52. The maximum absolute atomic E-state index is 12.9. The van der Waals surface area contributed by atoms with Gasteiger partial charge in [0, 0.05) is 23.2 Å². The smallest absolute Gasteiger partial charge is 0.276 e. The van der Waals surface area contributed by atoms with Gasteiger partial charge in [-0.25, -0.2) is 4.98 Å². The standard InChI is InChI=1S/C22H22N4OS2/c1-12-8-9-14-18(10-12)29-22(24-20(27)16-11-13(2)26(3)25-16)19(14)21-23-15-6-4-5-7-17(15)28-21/h4-7,11-12H,8-10H2,1-3H3,(H,24,27). The van der Waals surface area contributed by atoms with E-state index in [1.807, 2.05) is 38.2 Å². The van der Waals surface area contributed by atoms with Crippen LogP contribution in [0.4, 0.5) is 5.00 Å². The maximum Gasteiger partial charge on any atom is 0.276 e. The minimum atomic E-state index is -0.164. The number of para-hydroxylation sites is 1. The third-order valence-corrected chi connectivity index (χ3v) is 7.82. The average Bonchev–Trinajstić information content (AvgIpc) is 3.36. The lowest BCUT2D eigenvalue weighted by Gasteiger charge is -2.18. The van der Waals surface area contributed by atoms with Crippen LogP contribution in [-0.4, -0.2) is 20.7 Å². The van der Waals surface area contributed by atoms with Gasteiger partial charge in [0.15, 0.2) is 5.69 Å². The molecular weight excluding hydrogens is 400 g/mol. The second-order valence-corrected chi connectivity index (χ2v) is 9.93. The summed E-state index contributed by atoms with van der Waals surface area (Å²) in [4.78, 5) is 19.2. The van der Waals surface area contributed by atoms with Crippen LogP contribution >= 0.6 is 22.7 Å². The number of nitrogens with one attached hydrogen (secondary N) is 1. The van der Waals surface area contributed by atoms with E-state index in [2.05, 4.69) is 23.4 Å². The monoisotopic (exact) mass is 422 g/mol. The number of aryl methyl sites for hydroxylation is 2. The zero-order valence-corrected chi connectivity index (χ0v) is 18.3. The van der Waals surface area contributed by atoms with E-state index in [1.54, 1.807) is 27.4 Å². The number of nitrogens with zero attached hydrogens (tertiary/aromatic N) is 3. The van der Waals surface area contributed by atoms with Gasteiger partial charge < -0.3 is 5.32 Å². The van der Waals surface area contributed by atoms with Crippen LogP contribution in [0.2, 0.25) is 0 Å². The summed E-state index contributed by atoms with van der Waals surface area (Å²) >= 11 is 3.40. The molecule has 1 atom stereocenters. The number of fused-ring (bicyclic) bond motifs is 2. The number of anilines is 1. The van der Waals surface area contributed by atoms with E-state index in [9.17, 15) is 4.79 Å². The molecule has 0 fully saturated rings. The average molecular weight is 423 g/mol. The maximum atomic E-state index is 12.9. The number of hydrogen-bond donors (Lipinski definition) is 1. The summed E-state index contributed by atoms with van der Waals surface area (Å²) < 4.78 is 2.90. The van der Waals surface area contributed by atoms with E-state index in [4.69, 9.17) is 4.98 Å². The van der Waals surface area contributed by atoms with Crippen molar-refractivity contribution in [3.63, 3.8) is 0 Å². The fourth-order valence-corrected chi connectivity index (χ4v) is 6.40. The Morgan fingerprint density at radius 1 is 1.28 bits per heavy atom. The molecule has 0 bridgehead atoms. The van der Waals surface area contributed by atoms with E-state index >= 15 is 0 Å². The zero-order chi connectivity index (χ0) is 20.1. The number of hydrogen-bond acceptors (Lipinski definition) is 5. The van der Waals surface area contributed by atoms with Crippen molar-refractivity contribution in [3.05, 3.63) is 52.2 Å². The van der Waals surface area contributed by atoms with Crippen LogP contribution in [0.5, 0.6) is 0 Å². The van der Waals surface area contributed by atoms with Crippen molar-refractivity contribution in [2.24, 2.45) is 13.0 Å². The highest BCUT2D eigenvalue weighted by Gasteiger charge is 2.27. The first-order valence-corrected chi connectivity index (χ1v) is 11.5. The molecule has 0 aliphatic heterocycles. The molecule has 1 amide bonds. The molecule has 0 radical (unpaired) electrons. The third-order valence-electron chi connectivity index (χ3n) is 5.59. The Balaban J connectivity index is 1.60. The molecule has 0 saturated heterocycles. The van der Waals surface area contributed by atoms with Gasteiger partial charge in [0.2, 0.25) is 0 Å². The second-order valence-electron chi connectivity index (χ2n) is 7.79. The van der Waals surface area contributed by atoms with Gasteiger partial charge in [-0.05, 0) is 55.9 Å². The largest absolute Gasteiger partial charge is 0.312 e. The van der Waals surface area contributed by atoms with Crippen molar-refractivity contribution in [2.75, 3.05) is 5.32 Å². The molecule has 29 heavy (non-hydrogen) atoms. The number of carbonyl (C=O) groups excluding carboxylic acids is 1. The molecule has 7 heteroatoms. The Morgan fingerprint density at radius 2 is 2.10 bits per heavy atom. The van der Waals surface area contributed by atoms with E-state index < -0.39 is 0 Å². The highest BCUT2D eigenvalue weighted by atomic mass is 32.1. The molecular formula is C22H22N4OS2. The van der Waals surface area contributed by atoms with Crippen LogP contribution in [0, 0.1) is 12.8 Å². The van der Waals surface area contributed by atoms with Gasteiger partial charge in [-0.2, -0.15) is 5.10 Å². The van der Waals surface area contributed by atoms with Crippen molar-refractivity contribution in [1.29, 1.82) is 0 Å². The number of benzene rings is 1. The summed E-state index contributed by atoms with van der Waals surface area (Å²) in [5.74, 6) is 0.508. The van der Waals surface area contributed by atoms with E-state index in [0.717, 1.165) is 39.6 Å². The summed E-state index contributed by atoms with van der Waals surface area (Å²) in [7, 11) is 1.85. The minimum absolute atomic E-state index is 0.164. The first-order chi connectivity index (χ1) is 14.0. The summed E-state index contributed by atoms with van der Waals surface area (Å²) in [6.07, 6.45) is 3.28. The molecule has 148 valence electrons. The molecule has 0 saturated carbocycles. The number of thiazole rings is 1. The first-order valence-electron chi connectivity index (χ1n) is 9.82. The Bertz CT molecular complexity index is 1180. The molecule has 4 aromatic rings. The van der Waals surface area contributed by atoms with Gasteiger partial charge >= 0.3 is 0 Å². The van der Waals surface area contributed by atoms with Gasteiger partial charge in [0.25, 0.3) is 5.91 Å². The molecule has 1 aliphatic rings. The van der Waals surface area contributed by atoms with E-state index in [-0.39, 0.29) is 5.91 Å². The molecule has 3 aromatic heterocycles. The van der Waals surface area contributed by atoms with Crippen LogP contribution in [0.15, 0.2) is 30.3 Å². The first kappa shape index (κ1) is 18.5. The molecule has 1 aromatic carbocycles. The predicted molar refractivity (Wildman–Crippen MR) is 120 cm³/mol. The topological polar surface area (TPSA) is 59.8 Å². The number of amides is 1. The number of rotatable bonds is 3. The van der Waals surface area contributed by atoms with Crippen molar-refractivity contribution in [3.8, 4) is 10.6 Å². The number of carbonyl (C=O) groups is 1. The number of thiophene rings is 1. The summed E-state index contributed by atoms with van der Waals surface area (Å²) in [6, 6.07) is 10.0. The Morgan fingerprint density at radius 3 is 2.86 bits per heavy atom. The molecule has 1 aliphatic carbocycles. The van der Waals surface area contributed by atoms with Crippen molar-refractivity contribution >= 4 is 43.8 Å². The lowest BCUT2D eigenvalue weighted by atomic mass is 9.88. The van der Waals surface area contributed by atoms with Crippen molar-refractivity contribution < 1.29 is 4.79 Å². The van der Waals surface area contributed by atoms with Crippen LogP contribution < -0.4 is 5.32 Å². The van der Waals surface area contributed by atoms with Crippen LogP contribution in [0.25, 0.3) is 20.8 Å². The fraction of sp³-hybridized carbons (Fsp3) is 0.318. The molecule has 5 nitrogen and oxygen atoms in total. The third kappa shape index (κ3) is 3.28. The highest BCUT2D eigenvalue weighted by molar-refractivity contribution is 7.23. The Hall–Kier alpha value is -2.51. The molecule has 1 unspecified atom stereocenters. The molecule has 5 rings (SSSR count). The van der Waals surface area contributed by atoms with Crippen molar-refractivity contribution in [1.82, 2.24) is 14.8 Å². The fourth-order valence-electron chi connectivity index (χ4n) is 3.88. The van der Waals surface area contributed by atoms with Crippen molar-refractivity contribution in [2.45, 2.75) is 33.1 Å². The summed E-state index contributed by atoms with van der Waals surface area (Å²) in [5, 5.41) is 9.38. The minimum Gasteiger partial charge on any atom is -0.312 e. The zero-order valence-electron chi connectivity index (χ0n) is 16.7. The normalized spacial score (nSPS) is 16.2.